The summed E-state index contributed by atoms with van der Waals surface area (Å²) in [4.78, 5) is 0. The lowest BCUT2D eigenvalue weighted by Crippen LogP contribution is -2.19. The van der Waals surface area contributed by atoms with Crippen LogP contribution in [0, 0.1) is 11.8 Å². The highest BCUT2D eigenvalue weighted by Gasteiger charge is 2.27. The molecule has 8 N–H and O–H groups in total. The van der Waals surface area contributed by atoms with Gasteiger partial charge in [-0.15, -0.1) is 0 Å². The average Bonchev–Trinajstić information content (AvgIpc) is 3.31. The number of phenols is 8. The molecular weight excluding hydrogens is 849 g/mol. The number of hydrogen-bond acceptors (Lipinski definition) is 8. The smallest absolute Gasteiger partial charge is 0.115 e. The van der Waals surface area contributed by atoms with Crippen LogP contribution in [0.3, 0.4) is 0 Å². The number of aryl methyl sites for hydroxylation is 2. The van der Waals surface area contributed by atoms with Crippen LogP contribution in [0.1, 0.15) is 69.2 Å². The number of benzene rings is 8. The van der Waals surface area contributed by atoms with E-state index >= 15 is 0 Å². The zero-order chi connectivity index (χ0) is 47.8. The fourth-order valence-electron chi connectivity index (χ4n) is 9.49. The highest BCUT2D eigenvalue weighted by atomic mass is 16.3. The molecule has 348 valence electrons. The molecule has 0 fully saturated rings. The van der Waals surface area contributed by atoms with Gasteiger partial charge >= 0.3 is 0 Å². The average molecular weight is 909 g/mol. The fourth-order valence-corrected chi connectivity index (χ4v) is 9.49. The monoisotopic (exact) mass is 908 g/mol. The Hall–Kier alpha value is -7.84. The van der Waals surface area contributed by atoms with Crippen molar-refractivity contribution in [2.45, 2.75) is 63.2 Å². The second-order valence-electron chi connectivity index (χ2n) is 17.8. The molecule has 0 radical (unpaired) electrons. The molecule has 0 unspecified atom stereocenters. The summed E-state index contributed by atoms with van der Waals surface area (Å²) in [6.07, 6.45) is 6.14. The van der Waals surface area contributed by atoms with Crippen molar-refractivity contribution in [3.63, 3.8) is 0 Å². The first-order valence-corrected chi connectivity index (χ1v) is 23.2. The third-order valence-electron chi connectivity index (χ3n) is 12.7. The molecule has 8 aromatic rings. The van der Waals surface area contributed by atoms with E-state index in [1.54, 1.807) is 84.9 Å². The lowest BCUT2D eigenvalue weighted by molar-refractivity contribution is 0.385. The maximum absolute atomic E-state index is 10.2. The van der Waals surface area contributed by atoms with Crippen LogP contribution < -0.4 is 0 Å². The predicted molar refractivity (Wildman–Crippen MR) is 269 cm³/mol. The summed E-state index contributed by atoms with van der Waals surface area (Å²) in [7, 11) is 0. The van der Waals surface area contributed by atoms with Crippen LogP contribution in [0.2, 0.25) is 0 Å². The molecule has 0 amide bonds. The van der Waals surface area contributed by atoms with Crippen LogP contribution in [0.4, 0.5) is 0 Å². The van der Waals surface area contributed by atoms with Crippen LogP contribution in [0.15, 0.2) is 194 Å². The molecule has 0 aliphatic carbocycles. The van der Waals surface area contributed by atoms with Crippen molar-refractivity contribution in [3.8, 4) is 46.0 Å². The molecule has 0 aliphatic heterocycles. The molecule has 0 aromatic heterocycles. The number of phenolic OH excluding ortho intramolecular Hbond substituents is 8. The minimum Gasteiger partial charge on any atom is -0.508 e. The number of aromatic hydroxyl groups is 8. The Labute approximate surface area is 399 Å². The molecule has 8 heteroatoms. The van der Waals surface area contributed by atoms with Crippen molar-refractivity contribution >= 4 is 0 Å². The molecule has 0 spiro atoms. The van der Waals surface area contributed by atoms with Gasteiger partial charge in [0.25, 0.3) is 0 Å². The highest BCUT2D eigenvalue weighted by Crippen LogP contribution is 2.39. The number of hydrogen-bond donors (Lipinski definition) is 8. The molecule has 8 rings (SSSR count). The second kappa shape index (κ2) is 23.6. The molecule has 0 heterocycles. The van der Waals surface area contributed by atoms with Gasteiger partial charge in [0.05, 0.1) is 0 Å². The van der Waals surface area contributed by atoms with Crippen LogP contribution in [0.25, 0.3) is 0 Å². The topological polar surface area (TPSA) is 162 Å². The standard InChI is InChI=1S/2C30H30O4/c2*31-26-9-1-5-21(16-26)13-14-25(15-22-6-2-10-27(32)17-22)30(24-8-4-12-29(34)20-24)19-23-7-3-11-28(33)18-23/h2*1-12,16-18,20,25,30-34H,13-15,19H2/t2*25-,30+/m10/s1. The number of rotatable bonds is 18. The van der Waals surface area contributed by atoms with E-state index in [9.17, 15) is 40.9 Å². The Bertz CT molecular complexity index is 2660. The second-order valence-corrected chi connectivity index (χ2v) is 17.8. The van der Waals surface area contributed by atoms with E-state index in [1.807, 2.05) is 109 Å². The maximum Gasteiger partial charge on any atom is 0.115 e. The van der Waals surface area contributed by atoms with Crippen LogP contribution in [-0.2, 0) is 38.5 Å². The molecule has 0 saturated heterocycles. The Kier molecular flexibility index (Phi) is 16.7. The quantitative estimate of drug-likeness (QED) is 0.0422. The first-order valence-electron chi connectivity index (χ1n) is 23.2. The molecular formula is C60H60O8. The van der Waals surface area contributed by atoms with Crippen molar-refractivity contribution in [1.82, 2.24) is 0 Å². The van der Waals surface area contributed by atoms with E-state index in [2.05, 4.69) is 0 Å². The van der Waals surface area contributed by atoms with Gasteiger partial charge in [-0.2, -0.15) is 0 Å². The molecule has 68 heavy (non-hydrogen) atoms. The van der Waals surface area contributed by atoms with Crippen molar-refractivity contribution in [2.24, 2.45) is 11.8 Å². The van der Waals surface area contributed by atoms with Crippen molar-refractivity contribution in [3.05, 3.63) is 239 Å². The Morgan fingerprint density at radius 3 is 0.765 bits per heavy atom. The van der Waals surface area contributed by atoms with Crippen LogP contribution in [0.5, 0.6) is 46.0 Å². The predicted octanol–water partition coefficient (Wildman–Crippen LogP) is 12.7. The lowest BCUT2D eigenvalue weighted by Gasteiger charge is -2.29. The van der Waals surface area contributed by atoms with E-state index in [4.69, 9.17) is 0 Å². The van der Waals surface area contributed by atoms with Crippen molar-refractivity contribution in [2.75, 3.05) is 0 Å². The zero-order valence-electron chi connectivity index (χ0n) is 38.0. The van der Waals surface area contributed by atoms with Gasteiger partial charge in [0.15, 0.2) is 0 Å². The van der Waals surface area contributed by atoms with E-state index in [1.165, 1.54) is 0 Å². The van der Waals surface area contributed by atoms with Crippen LogP contribution in [-0.4, -0.2) is 40.9 Å². The molecule has 8 aromatic carbocycles. The molecule has 8 nitrogen and oxygen atoms in total. The third kappa shape index (κ3) is 14.6. The minimum absolute atomic E-state index is 0.0635. The summed E-state index contributed by atoms with van der Waals surface area (Å²) in [5.41, 5.74) is 8.32. The molecule has 0 aliphatic rings. The zero-order valence-corrected chi connectivity index (χ0v) is 38.0. The summed E-state index contributed by atoms with van der Waals surface area (Å²) in [6, 6.07) is 58.8. The molecule has 0 bridgehead atoms. The van der Waals surface area contributed by atoms with Gasteiger partial charge in [-0.3, -0.25) is 0 Å². The van der Waals surface area contributed by atoms with E-state index in [0.717, 1.165) is 83.0 Å². The summed E-state index contributed by atoms with van der Waals surface area (Å²) < 4.78 is 0. The molecule has 0 saturated carbocycles. The lowest BCUT2D eigenvalue weighted by atomic mass is 9.76. The van der Waals surface area contributed by atoms with E-state index in [-0.39, 0.29) is 69.7 Å². The Balaban J connectivity index is 0.000000201. The summed E-state index contributed by atoms with van der Waals surface area (Å²) in [5, 5.41) is 80.4. The fraction of sp³-hybridized carbons (Fsp3) is 0.200. The SMILES string of the molecule is Oc1cccc(CC[C@@H](Cc2cccc(O)c2)[C@H](Cc2cccc(O)c2)c2cccc(O)c2)c1.Oc1cccc(CC[C@H](Cc2cccc(O)c2)[C@@H](Cc2cccc(O)c2)c2cccc(O)c2)c1. The van der Waals surface area contributed by atoms with E-state index in [0.29, 0.717) is 12.8 Å². The van der Waals surface area contributed by atoms with Crippen molar-refractivity contribution < 1.29 is 40.9 Å². The first-order chi connectivity index (χ1) is 32.9. The first kappa shape index (κ1) is 48.1. The summed E-state index contributed by atoms with van der Waals surface area (Å²) in [6.45, 7) is 0. The van der Waals surface area contributed by atoms with Gasteiger partial charge in [-0.05, 0) is 217 Å². The summed E-state index contributed by atoms with van der Waals surface area (Å²) in [5.74, 6) is 2.39. The van der Waals surface area contributed by atoms with Gasteiger partial charge in [0.2, 0.25) is 0 Å². The van der Waals surface area contributed by atoms with Gasteiger partial charge in [0.1, 0.15) is 46.0 Å². The normalized spacial score (nSPS) is 12.8. The maximum atomic E-state index is 10.2. The Morgan fingerprint density at radius 2 is 0.485 bits per heavy atom. The van der Waals surface area contributed by atoms with E-state index < -0.39 is 0 Å². The van der Waals surface area contributed by atoms with Crippen molar-refractivity contribution in [1.29, 1.82) is 0 Å². The van der Waals surface area contributed by atoms with Gasteiger partial charge in [-0.25, -0.2) is 0 Å². The van der Waals surface area contributed by atoms with Crippen LogP contribution >= 0.6 is 0 Å². The van der Waals surface area contributed by atoms with Gasteiger partial charge < -0.3 is 40.9 Å². The molecule has 4 atom stereocenters. The minimum atomic E-state index is 0.0635. The summed E-state index contributed by atoms with van der Waals surface area (Å²) >= 11 is 0. The van der Waals surface area contributed by atoms with Gasteiger partial charge in [-0.1, -0.05) is 97.1 Å². The largest absolute Gasteiger partial charge is 0.508 e. The third-order valence-corrected chi connectivity index (χ3v) is 12.7. The highest BCUT2D eigenvalue weighted by molar-refractivity contribution is 5.38. The van der Waals surface area contributed by atoms with Gasteiger partial charge in [0, 0.05) is 0 Å². The Morgan fingerprint density at radius 1 is 0.250 bits per heavy atom.